The Bertz CT molecular complexity index is 409. The molecule has 0 aliphatic rings. The minimum absolute atomic E-state index is 0.228. The summed E-state index contributed by atoms with van der Waals surface area (Å²) in [7, 11) is -3.80. The molecule has 0 heterocycles. The average molecular weight is 375 g/mol. The highest BCUT2D eigenvalue weighted by Crippen LogP contribution is 2.52. The highest BCUT2D eigenvalue weighted by molar-refractivity contribution is 7.72. The van der Waals surface area contributed by atoms with E-state index in [2.05, 4.69) is 34.3 Å². The number of hydrogen-bond acceptors (Lipinski definition) is 4. The van der Waals surface area contributed by atoms with Gasteiger partial charge in [-0.15, -0.1) is 0 Å². The maximum absolute atomic E-state index is 13.1. The summed E-state index contributed by atoms with van der Waals surface area (Å²) in [4.78, 5) is 12.4. The number of hydrogen-bond donors (Lipinski definition) is 0. The Morgan fingerprint density at radius 3 is 1.60 bits per heavy atom. The lowest BCUT2D eigenvalue weighted by Crippen LogP contribution is -2.16. The predicted molar refractivity (Wildman–Crippen MR) is 106 cm³/mol. The van der Waals surface area contributed by atoms with Crippen molar-refractivity contribution in [3.8, 4) is 0 Å². The second kappa shape index (κ2) is 13.7. The summed E-state index contributed by atoms with van der Waals surface area (Å²) in [5.41, 5.74) is -0.352. The van der Waals surface area contributed by atoms with E-state index in [0.29, 0.717) is 25.0 Å². The van der Waals surface area contributed by atoms with Gasteiger partial charge in [0.05, 0.1) is 13.2 Å². The minimum atomic E-state index is -3.80. The predicted octanol–water partition coefficient (Wildman–Crippen LogP) is 6.75. The fraction of sp³-hybridized carbons (Fsp3) is 0.850. The summed E-state index contributed by atoms with van der Waals surface area (Å²) in [6, 6.07) is 0. The van der Waals surface area contributed by atoms with Crippen molar-refractivity contribution in [2.24, 2.45) is 11.8 Å². The first-order valence-electron chi connectivity index (χ1n) is 9.93. The Hall–Kier alpha value is -0.440. The van der Waals surface area contributed by atoms with Crippen LogP contribution in [0.5, 0.6) is 0 Å². The van der Waals surface area contributed by atoms with E-state index in [9.17, 15) is 9.36 Å². The van der Waals surface area contributed by atoms with Gasteiger partial charge in [0.15, 0.2) is 0 Å². The Balaban J connectivity index is 4.91. The second-order valence-electron chi connectivity index (χ2n) is 7.01. The molecule has 0 bridgehead atoms. The third-order valence-corrected chi connectivity index (χ3v) is 6.52. The molecular formula is C20H39O4P. The molecule has 2 atom stereocenters. The quantitative estimate of drug-likeness (QED) is 0.221. The van der Waals surface area contributed by atoms with E-state index >= 15 is 0 Å². The standard InChI is InChI=1S/C20H39O4P/c1-7-11-13-18(9-3)15-23-25(22,20(21)17(5)6)24-16-19(10-4)14-12-8-2/h18-19H,5,7-16H2,1-4,6H3. The maximum Gasteiger partial charge on any atom is 0.401 e. The molecule has 0 aromatic carbocycles. The zero-order valence-electron chi connectivity index (χ0n) is 17.0. The van der Waals surface area contributed by atoms with E-state index in [-0.39, 0.29) is 5.57 Å². The lowest BCUT2D eigenvalue weighted by Gasteiger charge is -2.23. The van der Waals surface area contributed by atoms with Crippen LogP contribution in [0.25, 0.3) is 0 Å². The summed E-state index contributed by atoms with van der Waals surface area (Å²) >= 11 is 0. The minimum Gasteiger partial charge on any atom is -0.303 e. The van der Waals surface area contributed by atoms with Crippen LogP contribution in [0.3, 0.4) is 0 Å². The van der Waals surface area contributed by atoms with Crippen molar-refractivity contribution in [3.05, 3.63) is 12.2 Å². The van der Waals surface area contributed by atoms with Gasteiger partial charge in [-0.2, -0.15) is 0 Å². The Labute approximate surface area is 155 Å². The van der Waals surface area contributed by atoms with Gasteiger partial charge >= 0.3 is 7.60 Å². The van der Waals surface area contributed by atoms with Crippen molar-refractivity contribution in [2.45, 2.75) is 86.0 Å². The van der Waals surface area contributed by atoms with Crippen molar-refractivity contribution in [1.82, 2.24) is 0 Å². The number of unbranched alkanes of at least 4 members (excludes halogenated alkanes) is 2. The van der Waals surface area contributed by atoms with Gasteiger partial charge in [-0.1, -0.05) is 72.8 Å². The van der Waals surface area contributed by atoms with Crippen LogP contribution in [0.1, 0.15) is 86.0 Å². The van der Waals surface area contributed by atoms with Crippen LogP contribution in [-0.2, 0) is 18.4 Å². The molecule has 0 aliphatic heterocycles. The summed E-state index contributed by atoms with van der Waals surface area (Å²) in [5, 5.41) is 0. The van der Waals surface area contributed by atoms with E-state index < -0.39 is 13.1 Å². The fourth-order valence-electron chi connectivity index (χ4n) is 2.59. The Morgan fingerprint density at radius 1 is 0.920 bits per heavy atom. The van der Waals surface area contributed by atoms with Crippen molar-refractivity contribution < 1.29 is 18.4 Å². The lowest BCUT2D eigenvalue weighted by atomic mass is 10.0. The first-order chi connectivity index (χ1) is 11.8. The first kappa shape index (κ1) is 24.6. The number of allylic oxidation sites excluding steroid dienone is 1. The molecule has 2 unspecified atom stereocenters. The van der Waals surface area contributed by atoms with Crippen LogP contribution in [-0.4, -0.2) is 18.7 Å². The van der Waals surface area contributed by atoms with E-state index in [4.69, 9.17) is 9.05 Å². The van der Waals surface area contributed by atoms with Crippen LogP contribution >= 0.6 is 7.60 Å². The molecule has 0 rings (SSSR count). The zero-order valence-corrected chi connectivity index (χ0v) is 17.9. The molecule has 0 radical (unpaired) electrons. The molecule has 4 nitrogen and oxygen atoms in total. The zero-order chi connectivity index (χ0) is 19.3. The molecule has 0 spiro atoms. The number of carbonyl (C=O) groups excluding carboxylic acids is 1. The molecule has 0 saturated carbocycles. The molecule has 0 fully saturated rings. The van der Waals surface area contributed by atoms with Crippen molar-refractivity contribution in [2.75, 3.05) is 13.2 Å². The third kappa shape index (κ3) is 9.72. The molecule has 0 aromatic rings. The van der Waals surface area contributed by atoms with Gasteiger partial charge < -0.3 is 9.05 Å². The number of rotatable bonds is 16. The van der Waals surface area contributed by atoms with Crippen LogP contribution in [0.2, 0.25) is 0 Å². The summed E-state index contributed by atoms with van der Waals surface area (Å²) in [6.07, 6.45) is 8.36. The molecule has 25 heavy (non-hydrogen) atoms. The van der Waals surface area contributed by atoms with E-state index in [0.717, 1.165) is 51.4 Å². The molecular weight excluding hydrogens is 335 g/mol. The van der Waals surface area contributed by atoms with E-state index in [1.165, 1.54) is 0 Å². The highest BCUT2D eigenvalue weighted by Gasteiger charge is 2.36. The lowest BCUT2D eigenvalue weighted by molar-refractivity contribution is -0.110. The van der Waals surface area contributed by atoms with Crippen LogP contribution < -0.4 is 0 Å². The van der Waals surface area contributed by atoms with Crippen molar-refractivity contribution in [1.29, 1.82) is 0 Å². The van der Waals surface area contributed by atoms with Gasteiger partial charge in [0.2, 0.25) is 0 Å². The van der Waals surface area contributed by atoms with Crippen LogP contribution in [0.15, 0.2) is 12.2 Å². The topological polar surface area (TPSA) is 52.6 Å². The van der Waals surface area contributed by atoms with E-state index in [1.54, 1.807) is 6.92 Å². The highest BCUT2D eigenvalue weighted by atomic mass is 31.2. The fourth-order valence-corrected chi connectivity index (χ4v) is 4.18. The van der Waals surface area contributed by atoms with Gasteiger partial charge in [-0.05, 0) is 37.2 Å². The first-order valence-corrected chi connectivity index (χ1v) is 11.5. The number of carbonyl (C=O) groups is 1. The van der Waals surface area contributed by atoms with Crippen molar-refractivity contribution in [3.63, 3.8) is 0 Å². The van der Waals surface area contributed by atoms with Gasteiger partial charge in [-0.3, -0.25) is 9.36 Å². The Kier molecular flexibility index (Phi) is 13.5. The van der Waals surface area contributed by atoms with Gasteiger partial charge in [0.1, 0.15) is 0 Å². The summed E-state index contributed by atoms with van der Waals surface area (Å²) in [5.74, 6) is 0.605. The third-order valence-electron chi connectivity index (χ3n) is 4.66. The van der Waals surface area contributed by atoms with Gasteiger partial charge in [-0.25, -0.2) is 0 Å². The van der Waals surface area contributed by atoms with Crippen molar-refractivity contribution >= 4 is 13.1 Å². The molecule has 0 aromatic heterocycles. The molecule has 0 saturated heterocycles. The Morgan fingerprint density at radius 2 is 1.32 bits per heavy atom. The molecule has 148 valence electrons. The average Bonchev–Trinajstić information content (AvgIpc) is 2.61. The smallest absolute Gasteiger partial charge is 0.303 e. The second-order valence-corrected chi connectivity index (χ2v) is 8.93. The van der Waals surface area contributed by atoms with E-state index in [1.807, 2.05) is 0 Å². The normalized spacial score (nSPS) is 16.2. The summed E-state index contributed by atoms with van der Waals surface area (Å²) in [6.45, 7) is 14.3. The largest absolute Gasteiger partial charge is 0.401 e. The molecule has 0 N–H and O–H groups in total. The summed E-state index contributed by atoms with van der Waals surface area (Å²) < 4.78 is 24.3. The SMILES string of the molecule is C=C(C)C(=O)P(=O)(OCC(CC)CCCC)OCC(CC)CCCC. The monoisotopic (exact) mass is 374 g/mol. The van der Waals surface area contributed by atoms with Gasteiger partial charge in [0.25, 0.3) is 5.52 Å². The molecule has 0 amide bonds. The van der Waals surface area contributed by atoms with Crippen LogP contribution in [0.4, 0.5) is 0 Å². The molecule has 5 heteroatoms. The molecule has 0 aliphatic carbocycles. The van der Waals surface area contributed by atoms with Gasteiger partial charge in [0, 0.05) is 0 Å². The van der Waals surface area contributed by atoms with Crippen LogP contribution in [0, 0.1) is 11.8 Å². The maximum atomic E-state index is 13.1.